The molecule has 1 amide bonds. The third kappa shape index (κ3) is 4.47. The van der Waals surface area contributed by atoms with Crippen molar-refractivity contribution in [2.45, 2.75) is 52.2 Å². The maximum Gasteiger partial charge on any atom is 0.410 e. The molecule has 22 heavy (non-hydrogen) atoms. The molecule has 4 heteroatoms. The number of rotatable bonds is 2. The second-order valence-electron chi connectivity index (χ2n) is 7.27. The lowest BCUT2D eigenvalue weighted by Gasteiger charge is -2.36. The summed E-state index contributed by atoms with van der Waals surface area (Å²) in [6.45, 7) is 9.18. The first-order chi connectivity index (χ1) is 10.3. The van der Waals surface area contributed by atoms with Crippen molar-refractivity contribution < 1.29 is 9.53 Å². The lowest BCUT2D eigenvalue weighted by atomic mass is 9.87. The lowest BCUT2D eigenvalue weighted by Crippen LogP contribution is -2.45. The van der Waals surface area contributed by atoms with Crippen LogP contribution in [0.25, 0.3) is 0 Å². The van der Waals surface area contributed by atoms with E-state index in [2.05, 4.69) is 25.1 Å². The molecule has 1 aromatic rings. The van der Waals surface area contributed by atoms with Gasteiger partial charge in [-0.25, -0.2) is 4.79 Å². The summed E-state index contributed by atoms with van der Waals surface area (Å²) in [5, 5.41) is 0. The monoisotopic (exact) mass is 304 g/mol. The molecule has 0 bridgehead atoms. The van der Waals surface area contributed by atoms with Crippen LogP contribution in [0, 0.1) is 12.8 Å². The predicted molar refractivity (Wildman–Crippen MR) is 88.6 cm³/mol. The normalized spacial score (nSPS) is 20.6. The first-order valence-electron chi connectivity index (χ1n) is 8.06. The Bertz CT molecular complexity index is 522. The van der Waals surface area contributed by atoms with Crippen LogP contribution < -0.4 is 5.73 Å². The largest absolute Gasteiger partial charge is 0.444 e. The Balaban J connectivity index is 2.02. The van der Waals surface area contributed by atoms with E-state index in [4.69, 9.17) is 10.5 Å². The first-order valence-corrected chi connectivity index (χ1v) is 8.06. The highest BCUT2D eigenvalue weighted by molar-refractivity contribution is 5.68. The summed E-state index contributed by atoms with van der Waals surface area (Å²) in [6, 6.07) is 8.29. The average Bonchev–Trinajstić information content (AvgIpc) is 2.45. The van der Waals surface area contributed by atoms with Gasteiger partial charge in [0.1, 0.15) is 5.60 Å². The number of likely N-dealkylation sites (tertiary alicyclic amines) is 1. The summed E-state index contributed by atoms with van der Waals surface area (Å²) in [5.41, 5.74) is 8.36. The van der Waals surface area contributed by atoms with E-state index in [1.807, 2.05) is 26.8 Å². The molecule has 0 saturated carbocycles. The minimum absolute atomic E-state index is 0.0369. The van der Waals surface area contributed by atoms with Crippen LogP contribution in [0.1, 0.15) is 50.8 Å². The van der Waals surface area contributed by atoms with Crippen LogP contribution in [-0.2, 0) is 4.74 Å². The van der Waals surface area contributed by atoms with Crippen LogP contribution in [0.5, 0.6) is 0 Å². The molecule has 2 atom stereocenters. The molecule has 1 fully saturated rings. The standard InChI is InChI=1S/C18H28N2O2/c1-13-7-5-8-14(11-13)16(19)15-9-6-10-20(12-15)17(21)22-18(2,3)4/h5,7-8,11,15-16H,6,9-10,12,19H2,1-4H3. The SMILES string of the molecule is Cc1cccc(C(N)C2CCCN(C(=O)OC(C)(C)C)C2)c1. The third-order valence-corrected chi connectivity index (χ3v) is 4.04. The average molecular weight is 304 g/mol. The van der Waals surface area contributed by atoms with Gasteiger partial charge in [0.05, 0.1) is 0 Å². The van der Waals surface area contributed by atoms with E-state index < -0.39 is 5.60 Å². The molecule has 1 aliphatic rings. The second-order valence-corrected chi connectivity index (χ2v) is 7.27. The number of benzene rings is 1. The number of carbonyl (C=O) groups is 1. The molecular formula is C18H28N2O2. The van der Waals surface area contributed by atoms with Gasteiger partial charge in [0.15, 0.2) is 0 Å². The highest BCUT2D eigenvalue weighted by Crippen LogP contribution is 2.29. The van der Waals surface area contributed by atoms with Crippen LogP contribution in [0.15, 0.2) is 24.3 Å². The molecule has 1 heterocycles. The van der Waals surface area contributed by atoms with E-state index in [0.717, 1.165) is 24.9 Å². The number of hydrogen-bond donors (Lipinski definition) is 1. The maximum absolute atomic E-state index is 12.2. The molecule has 0 aliphatic carbocycles. The van der Waals surface area contributed by atoms with Crippen LogP contribution in [-0.4, -0.2) is 29.7 Å². The quantitative estimate of drug-likeness (QED) is 0.907. The summed E-state index contributed by atoms with van der Waals surface area (Å²) in [4.78, 5) is 14.0. The topological polar surface area (TPSA) is 55.6 Å². The number of hydrogen-bond acceptors (Lipinski definition) is 3. The molecular weight excluding hydrogens is 276 g/mol. The maximum atomic E-state index is 12.2. The van der Waals surface area contributed by atoms with Crippen molar-refractivity contribution in [3.63, 3.8) is 0 Å². The van der Waals surface area contributed by atoms with Crippen molar-refractivity contribution in [1.82, 2.24) is 4.90 Å². The third-order valence-electron chi connectivity index (χ3n) is 4.04. The van der Waals surface area contributed by atoms with Gasteiger partial charge < -0.3 is 15.4 Å². The molecule has 1 saturated heterocycles. The van der Waals surface area contributed by atoms with Gasteiger partial charge in [0.2, 0.25) is 0 Å². The summed E-state index contributed by atoms with van der Waals surface area (Å²) < 4.78 is 5.48. The van der Waals surface area contributed by atoms with E-state index in [1.54, 1.807) is 4.90 Å². The van der Waals surface area contributed by atoms with Gasteiger partial charge in [-0.1, -0.05) is 29.8 Å². The summed E-state index contributed by atoms with van der Waals surface area (Å²) in [6.07, 6.45) is 1.80. The summed E-state index contributed by atoms with van der Waals surface area (Å²) in [5.74, 6) is 0.281. The van der Waals surface area contributed by atoms with Crippen LogP contribution in [0.4, 0.5) is 4.79 Å². The van der Waals surface area contributed by atoms with Crippen LogP contribution in [0.2, 0.25) is 0 Å². The molecule has 122 valence electrons. The molecule has 2 rings (SSSR count). The van der Waals surface area contributed by atoms with Crippen molar-refractivity contribution in [1.29, 1.82) is 0 Å². The fourth-order valence-corrected chi connectivity index (χ4v) is 2.95. The zero-order valence-corrected chi connectivity index (χ0v) is 14.1. The van der Waals surface area contributed by atoms with Gasteiger partial charge in [0.25, 0.3) is 0 Å². The lowest BCUT2D eigenvalue weighted by molar-refractivity contribution is 0.0152. The fraction of sp³-hybridized carbons (Fsp3) is 0.611. The summed E-state index contributed by atoms with van der Waals surface area (Å²) >= 11 is 0. The van der Waals surface area contributed by atoms with E-state index in [-0.39, 0.29) is 18.1 Å². The molecule has 2 N–H and O–H groups in total. The highest BCUT2D eigenvalue weighted by atomic mass is 16.6. The fourth-order valence-electron chi connectivity index (χ4n) is 2.95. The molecule has 1 aliphatic heterocycles. The number of amides is 1. The highest BCUT2D eigenvalue weighted by Gasteiger charge is 2.30. The van der Waals surface area contributed by atoms with Gasteiger partial charge in [-0.15, -0.1) is 0 Å². The molecule has 4 nitrogen and oxygen atoms in total. The Morgan fingerprint density at radius 1 is 1.41 bits per heavy atom. The van der Waals surface area contributed by atoms with E-state index in [9.17, 15) is 4.79 Å². The molecule has 2 unspecified atom stereocenters. The van der Waals surface area contributed by atoms with E-state index >= 15 is 0 Å². The Morgan fingerprint density at radius 3 is 2.77 bits per heavy atom. The number of ether oxygens (including phenoxy) is 1. The molecule has 0 radical (unpaired) electrons. The van der Waals surface area contributed by atoms with Gasteiger partial charge in [0, 0.05) is 19.1 Å². The van der Waals surface area contributed by atoms with Gasteiger partial charge in [-0.2, -0.15) is 0 Å². The molecule has 0 spiro atoms. The smallest absolute Gasteiger partial charge is 0.410 e. The number of nitrogens with two attached hydrogens (primary N) is 1. The van der Waals surface area contributed by atoms with Crippen molar-refractivity contribution in [3.05, 3.63) is 35.4 Å². The Labute approximate surface area is 133 Å². The number of carbonyl (C=O) groups excluding carboxylic acids is 1. The Morgan fingerprint density at radius 2 is 2.14 bits per heavy atom. The van der Waals surface area contributed by atoms with Crippen LogP contribution >= 0.6 is 0 Å². The zero-order valence-electron chi connectivity index (χ0n) is 14.1. The molecule has 1 aromatic carbocycles. The van der Waals surface area contributed by atoms with E-state index in [0.29, 0.717) is 6.54 Å². The zero-order chi connectivity index (χ0) is 16.3. The predicted octanol–water partition coefficient (Wildman–Crippen LogP) is 3.64. The number of nitrogens with zero attached hydrogens (tertiary/aromatic N) is 1. The van der Waals surface area contributed by atoms with Gasteiger partial charge in [-0.3, -0.25) is 0 Å². The minimum Gasteiger partial charge on any atom is -0.444 e. The van der Waals surface area contributed by atoms with E-state index in [1.165, 1.54) is 5.56 Å². The van der Waals surface area contributed by atoms with Crippen molar-refractivity contribution >= 4 is 6.09 Å². The van der Waals surface area contributed by atoms with Gasteiger partial charge >= 0.3 is 6.09 Å². The summed E-state index contributed by atoms with van der Waals surface area (Å²) in [7, 11) is 0. The van der Waals surface area contributed by atoms with Crippen molar-refractivity contribution in [3.8, 4) is 0 Å². The number of piperidine rings is 1. The van der Waals surface area contributed by atoms with Gasteiger partial charge in [-0.05, 0) is 52.0 Å². The Kier molecular flexibility index (Phi) is 5.12. The second kappa shape index (κ2) is 6.69. The molecule has 0 aromatic heterocycles. The minimum atomic E-state index is -0.456. The van der Waals surface area contributed by atoms with Crippen molar-refractivity contribution in [2.75, 3.05) is 13.1 Å². The first kappa shape index (κ1) is 16.8. The van der Waals surface area contributed by atoms with Crippen molar-refractivity contribution in [2.24, 2.45) is 11.7 Å². The number of aryl methyl sites for hydroxylation is 1. The van der Waals surface area contributed by atoms with Crippen LogP contribution in [0.3, 0.4) is 0 Å². The Hall–Kier alpha value is -1.55.